The second-order valence-corrected chi connectivity index (χ2v) is 9.42. The Morgan fingerprint density at radius 3 is 2.49 bits per heavy atom. The molecule has 0 aliphatic heterocycles. The summed E-state index contributed by atoms with van der Waals surface area (Å²) < 4.78 is 16.6. The number of hydrogen-bond acceptors (Lipinski definition) is 5. The topological polar surface area (TPSA) is 122 Å². The molecule has 2 N–H and O–H groups in total. The lowest BCUT2D eigenvalue weighted by atomic mass is 10.0. The third kappa shape index (κ3) is 5.80. The van der Waals surface area contributed by atoms with Crippen LogP contribution in [0.1, 0.15) is 34.7 Å². The van der Waals surface area contributed by atoms with Crippen molar-refractivity contribution in [1.82, 2.24) is 14.7 Å². The van der Waals surface area contributed by atoms with Gasteiger partial charge in [0.1, 0.15) is 18.8 Å². The van der Waals surface area contributed by atoms with Crippen LogP contribution in [-0.2, 0) is 16.1 Å². The summed E-state index contributed by atoms with van der Waals surface area (Å²) in [4.78, 5) is 50.2. The van der Waals surface area contributed by atoms with Crippen LogP contribution < -0.4 is 5.32 Å². The summed E-state index contributed by atoms with van der Waals surface area (Å²) >= 11 is 6.21. The van der Waals surface area contributed by atoms with Gasteiger partial charge in [-0.15, -0.1) is 0 Å². The van der Waals surface area contributed by atoms with Gasteiger partial charge in [-0.3, -0.25) is 19.1 Å². The Morgan fingerprint density at radius 2 is 1.82 bits per heavy atom. The maximum Gasteiger partial charge on any atom is 0.335 e. The fraction of sp³-hybridized carbons (Fsp3) is 0.179. The second-order valence-electron chi connectivity index (χ2n) is 9.01. The van der Waals surface area contributed by atoms with Gasteiger partial charge >= 0.3 is 5.97 Å². The van der Waals surface area contributed by atoms with E-state index in [1.165, 1.54) is 33.8 Å². The number of carbonyl (C=O) groups is 4. The van der Waals surface area contributed by atoms with Gasteiger partial charge in [-0.05, 0) is 44.2 Å². The van der Waals surface area contributed by atoms with E-state index in [4.69, 9.17) is 11.6 Å². The molecule has 0 bridgehead atoms. The Morgan fingerprint density at radius 1 is 1.10 bits per heavy atom. The number of carbonyl (C=O) groups excluding carboxylic acids is 3. The number of anilines is 1. The van der Waals surface area contributed by atoms with Crippen LogP contribution >= 0.6 is 11.6 Å². The Hall–Kier alpha value is -4.57. The number of nitrogens with zero attached hydrogens (tertiary/aromatic N) is 3. The molecule has 39 heavy (non-hydrogen) atoms. The van der Waals surface area contributed by atoms with Crippen molar-refractivity contribution in [2.24, 2.45) is 0 Å². The fourth-order valence-corrected chi connectivity index (χ4v) is 4.42. The highest BCUT2D eigenvalue weighted by Gasteiger charge is 2.24. The van der Waals surface area contributed by atoms with Crippen LogP contribution in [0.4, 0.5) is 10.1 Å². The molecule has 3 aromatic carbocycles. The zero-order valence-electron chi connectivity index (χ0n) is 21.0. The lowest BCUT2D eigenvalue weighted by Crippen LogP contribution is -2.44. The third-order valence-corrected chi connectivity index (χ3v) is 6.45. The van der Waals surface area contributed by atoms with Crippen molar-refractivity contribution in [2.45, 2.75) is 26.4 Å². The molecule has 0 unspecified atom stereocenters. The Bertz CT molecular complexity index is 1600. The van der Waals surface area contributed by atoms with Gasteiger partial charge in [0.15, 0.2) is 12.1 Å². The molecule has 1 aromatic heterocycles. The van der Waals surface area contributed by atoms with Gasteiger partial charge in [0.05, 0.1) is 16.8 Å². The SMILES string of the molecule is CC(C)N(CC(=O)Nc1cccc(-c2ccccc2Cl)c1F)C(=O)Cn1nc(C=O)c2cc(C(=O)O)ccc21. The van der Waals surface area contributed by atoms with Gasteiger partial charge in [0.25, 0.3) is 0 Å². The van der Waals surface area contributed by atoms with E-state index >= 15 is 4.39 Å². The quantitative estimate of drug-likeness (QED) is 0.286. The van der Waals surface area contributed by atoms with Gasteiger partial charge in [-0.1, -0.05) is 41.9 Å². The van der Waals surface area contributed by atoms with Crippen LogP contribution in [0.5, 0.6) is 0 Å². The van der Waals surface area contributed by atoms with Crippen LogP contribution in [0, 0.1) is 5.82 Å². The van der Waals surface area contributed by atoms with Crippen LogP contribution in [0.15, 0.2) is 60.7 Å². The van der Waals surface area contributed by atoms with E-state index in [9.17, 15) is 24.3 Å². The number of nitrogens with one attached hydrogen (secondary N) is 1. The summed E-state index contributed by atoms with van der Waals surface area (Å²) in [6, 6.07) is 15.1. The normalized spacial score (nSPS) is 11.0. The highest BCUT2D eigenvalue weighted by atomic mass is 35.5. The molecule has 0 spiro atoms. The average Bonchev–Trinajstić information content (AvgIpc) is 3.25. The molecule has 11 heteroatoms. The zero-order chi connectivity index (χ0) is 28.3. The first-order chi connectivity index (χ1) is 18.6. The number of aromatic carboxylic acids is 1. The molecule has 0 radical (unpaired) electrons. The van der Waals surface area contributed by atoms with Crippen molar-refractivity contribution in [3.05, 3.63) is 82.8 Å². The predicted molar refractivity (Wildman–Crippen MR) is 144 cm³/mol. The first kappa shape index (κ1) is 27.5. The van der Waals surface area contributed by atoms with E-state index in [0.717, 1.165) is 0 Å². The number of carboxylic acid groups (broad SMARTS) is 1. The first-order valence-electron chi connectivity index (χ1n) is 11.9. The van der Waals surface area contributed by atoms with Crippen molar-refractivity contribution >= 4 is 52.3 Å². The molecule has 0 aliphatic carbocycles. The van der Waals surface area contributed by atoms with Gasteiger partial charge in [0.2, 0.25) is 11.8 Å². The maximum absolute atomic E-state index is 15.3. The summed E-state index contributed by atoms with van der Waals surface area (Å²) in [5.74, 6) is -2.92. The van der Waals surface area contributed by atoms with Crippen LogP contribution in [-0.4, -0.2) is 56.4 Å². The highest BCUT2D eigenvalue weighted by Crippen LogP contribution is 2.32. The van der Waals surface area contributed by atoms with Crippen LogP contribution in [0.3, 0.4) is 0 Å². The van der Waals surface area contributed by atoms with E-state index in [2.05, 4.69) is 10.4 Å². The van der Waals surface area contributed by atoms with E-state index < -0.39 is 29.6 Å². The third-order valence-electron chi connectivity index (χ3n) is 6.12. The molecule has 200 valence electrons. The first-order valence-corrected chi connectivity index (χ1v) is 12.3. The number of carboxylic acids is 1. The van der Waals surface area contributed by atoms with Gasteiger partial charge in [-0.25, -0.2) is 9.18 Å². The summed E-state index contributed by atoms with van der Waals surface area (Å²) in [6.07, 6.45) is 0.480. The molecule has 2 amide bonds. The monoisotopic (exact) mass is 550 g/mol. The Balaban J connectivity index is 1.53. The van der Waals surface area contributed by atoms with Gasteiger partial charge in [-0.2, -0.15) is 5.10 Å². The molecule has 4 aromatic rings. The summed E-state index contributed by atoms with van der Waals surface area (Å²) in [6.45, 7) is 2.77. The second kappa shape index (κ2) is 11.4. The number of aldehydes is 1. The molecule has 0 aliphatic rings. The number of benzene rings is 3. The summed E-state index contributed by atoms with van der Waals surface area (Å²) in [7, 11) is 0. The Labute approximate surface area is 227 Å². The number of amides is 2. The number of fused-ring (bicyclic) bond motifs is 1. The van der Waals surface area contributed by atoms with Crippen molar-refractivity contribution in [3.8, 4) is 11.1 Å². The van der Waals surface area contributed by atoms with Crippen LogP contribution in [0.2, 0.25) is 5.02 Å². The largest absolute Gasteiger partial charge is 0.478 e. The molecular formula is C28H24ClFN4O5. The molecule has 1 heterocycles. The molecule has 0 saturated heterocycles. The zero-order valence-corrected chi connectivity index (χ0v) is 21.8. The van der Waals surface area contributed by atoms with Crippen molar-refractivity contribution in [1.29, 1.82) is 0 Å². The molecule has 0 saturated carbocycles. The van der Waals surface area contributed by atoms with E-state index in [-0.39, 0.29) is 35.6 Å². The van der Waals surface area contributed by atoms with Gasteiger partial charge in [0, 0.05) is 27.6 Å². The minimum Gasteiger partial charge on any atom is -0.478 e. The lowest BCUT2D eigenvalue weighted by molar-refractivity contribution is -0.137. The molecule has 4 rings (SSSR count). The van der Waals surface area contributed by atoms with Crippen LogP contribution in [0.25, 0.3) is 22.0 Å². The number of rotatable bonds is 9. The van der Waals surface area contributed by atoms with Crippen molar-refractivity contribution in [3.63, 3.8) is 0 Å². The minimum absolute atomic E-state index is 0.0105. The minimum atomic E-state index is -1.16. The number of halogens is 2. The highest BCUT2D eigenvalue weighted by molar-refractivity contribution is 6.33. The van der Waals surface area contributed by atoms with E-state index in [0.29, 0.717) is 27.8 Å². The average molecular weight is 551 g/mol. The standard InChI is InChI=1S/C28H24ClFN4O5/c1-16(2)33(26(37)14-34-24-11-10-17(28(38)39)12-20(24)23(15-35)32-34)13-25(36)31-22-9-5-7-19(27(22)30)18-6-3-4-8-21(18)29/h3-12,15-16H,13-14H2,1-2H3,(H,31,36)(H,38,39). The van der Waals surface area contributed by atoms with E-state index in [1.807, 2.05) is 0 Å². The lowest BCUT2D eigenvalue weighted by Gasteiger charge is -2.26. The summed E-state index contributed by atoms with van der Waals surface area (Å²) in [5, 5.41) is 16.6. The molecule has 9 nitrogen and oxygen atoms in total. The van der Waals surface area contributed by atoms with E-state index in [1.54, 1.807) is 50.2 Å². The molecular weight excluding hydrogens is 527 g/mol. The summed E-state index contributed by atoms with van der Waals surface area (Å²) in [5.41, 5.74) is 0.992. The smallest absolute Gasteiger partial charge is 0.335 e. The van der Waals surface area contributed by atoms with Crippen molar-refractivity contribution in [2.75, 3.05) is 11.9 Å². The maximum atomic E-state index is 15.3. The fourth-order valence-electron chi connectivity index (χ4n) is 4.18. The Kier molecular flexibility index (Phi) is 8.06. The molecule has 0 atom stereocenters. The number of aromatic nitrogens is 2. The molecule has 0 fully saturated rings. The van der Waals surface area contributed by atoms with Gasteiger partial charge < -0.3 is 15.3 Å². The van der Waals surface area contributed by atoms with Crippen molar-refractivity contribution < 1.29 is 28.7 Å². The predicted octanol–water partition coefficient (Wildman–Crippen LogP) is 4.88. The number of hydrogen-bond donors (Lipinski definition) is 2.